The largest absolute Gasteiger partial charge is 0.337 e. The first kappa shape index (κ1) is 22.8. The van der Waals surface area contributed by atoms with Gasteiger partial charge in [-0.25, -0.2) is 4.79 Å². The molecule has 2 N–H and O–H groups in total. The molecule has 3 amide bonds. The Morgan fingerprint density at radius 3 is 2.48 bits per heavy atom. The highest BCUT2D eigenvalue weighted by atomic mass is 16.2. The van der Waals surface area contributed by atoms with Gasteiger partial charge < -0.3 is 15.5 Å². The number of rotatable bonds is 8. The molecule has 0 aromatic heterocycles. The molecule has 6 heteroatoms. The van der Waals surface area contributed by atoms with E-state index < -0.39 is 0 Å². The highest BCUT2D eigenvalue weighted by molar-refractivity contribution is 5.91. The molecule has 1 unspecified atom stereocenters. The van der Waals surface area contributed by atoms with Crippen LogP contribution in [0, 0.1) is 0 Å². The van der Waals surface area contributed by atoms with E-state index in [0.717, 1.165) is 24.3 Å². The number of benzene rings is 2. The van der Waals surface area contributed by atoms with E-state index in [2.05, 4.69) is 34.6 Å². The Balaban J connectivity index is 1.36. The van der Waals surface area contributed by atoms with E-state index in [-0.39, 0.29) is 18.4 Å². The van der Waals surface area contributed by atoms with Crippen LogP contribution in [0.15, 0.2) is 54.6 Å². The molecule has 0 radical (unpaired) electrons. The van der Waals surface area contributed by atoms with Crippen molar-refractivity contribution in [2.45, 2.75) is 51.7 Å². The number of piperidine rings is 1. The first-order chi connectivity index (χ1) is 15.0. The second-order valence-electron chi connectivity index (χ2n) is 8.38. The van der Waals surface area contributed by atoms with Gasteiger partial charge in [-0.15, -0.1) is 0 Å². The summed E-state index contributed by atoms with van der Waals surface area (Å²) in [6, 6.07) is 18.3. The maximum atomic E-state index is 12.2. The zero-order valence-corrected chi connectivity index (χ0v) is 18.6. The Labute approximate surface area is 185 Å². The summed E-state index contributed by atoms with van der Waals surface area (Å²) in [5.74, 6) is -0.108. The maximum Gasteiger partial charge on any atom is 0.317 e. The molecule has 31 heavy (non-hydrogen) atoms. The van der Waals surface area contributed by atoms with Crippen LogP contribution < -0.4 is 10.6 Å². The number of likely N-dealkylation sites (tertiary alicyclic amines) is 1. The molecular weight excluding hydrogens is 388 g/mol. The van der Waals surface area contributed by atoms with Crippen LogP contribution in [-0.4, -0.2) is 47.9 Å². The second kappa shape index (κ2) is 11.5. The molecule has 6 nitrogen and oxygen atoms in total. The lowest BCUT2D eigenvalue weighted by molar-refractivity contribution is -0.116. The quantitative estimate of drug-likeness (QED) is 0.669. The summed E-state index contributed by atoms with van der Waals surface area (Å²) in [4.78, 5) is 28.5. The van der Waals surface area contributed by atoms with Gasteiger partial charge in [0.1, 0.15) is 0 Å². The number of amides is 3. The minimum atomic E-state index is -0.187. The molecule has 1 fully saturated rings. The number of hydrogen-bond acceptors (Lipinski definition) is 3. The summed E-state index contributed by atoms with van der Waals surface area (Å²) >= 11 is 0. The third-order valence-corrected chi connectivity index (χ3v) is 5.80. The topological polar surface area (TPSA) is 64.7 Å². The molecule has 1 aliphatic heterocycles. The Hall–Kier alpha value is -2.86. The third-order valence-electron chi connectivity index (χ3n) is 5.80. The molecule has 2 aromatic rings. The van der Waals surface area contributed by atoms with Crippen molar-refractivity contribution in [1.29, 1.82) is 0 Å². The van der Waals surface area contributed by atoms with Gasteiger partial charge in [-0.05, 0) is 49.6 Å². The monoisotopic (exact) mass is 422 g/mol. The Morgan fingerprint density at radius 2 is 1.77 bits per heavy atom. The number of nitrogens with zero attached hydrogens (tertiary/aromatic N) is 2. The van der Waals surface area contributed by atoms with E-state index in [4.69, 9.17) is 0 Å². The zero-order valence-electron chi connectivity index (χ0n) is 18.6. The van der Waals surface area contributed by atoms with Crippen LogP contribution >= 0.6 is 0 Å². The van der Waals surface area contributed by atoms with Crippen molar-refractivity contribution in [2.75, 3.05) is 25.5 Å². The second-order valence-corrected chi connectivity index (χ2v) is 8.38. The van der Waals surface area contributed by atoms with Gasteiger partial charge >= 0.3 is 6.03 Å². The minimum Gasteiger partial charge on any atom is -0.337 e. The van der Waals surface area contributed by atoms with Crippen LogP contribution in [0.2, 0.25) is 0 Å². The molecule has 1 saturated heterocycles. The normalized spacial score (nSPS) is 16.5. The standard InChI is InChI=1S/C25H34N4O2/c1-20-8-6-7-17-29(20)19-22-11-13-23(14-12-22)27-24(30)15-16-26-25(31)28(2)18-21-9-4-3-5-10-21/h3-5,9-14,20H,6-8,15-19H2,1-2H3,(H,26,31)(H,27,30). The van der Waals surface area contributed by atoms with Crippen LogP contribution in [0.5, 0.6) is 0 Å². The zero-order chi connectivity index (χ0) is 22.1. The number of nitrogens with one attached hydrogen (secondary N) is 2. The molecule has 1 atom stereocenters. The van der Waals surface area contributed by atoms with E-state index in [9.17, 15) is 9.59 Å². The molecule has 1 heterocycles. The van der Waals surface area contributed by atoms with E-state index in [0.29, 0.717) is 19.1 Å². The first-order valence-corrected chi connectivity index (χ1v) is 11.2. The fourth-order valence-electron chi connectivity index (χ4n) is 3.89. The lowest BCUT2D eigenvalue weighted by Gasteiger charge is -2.33. The van der Waals surface area contributed by atoms with Crippen LogP contribution in [0.1, 0.15) is 43.7 Å². The van der Waals surface area contributed by atoms with Gasteiger partial charge in [0.15, 0.2) is 0 Å². The van der Waals surface area contributed by atoms with Crippen molar-refractivity contribution < 1.29 is 9.59 Å². The van der Waals surface area contributed by atoms with E-state index >= 15 is 0 Å². The first-order valence-electron chi connectivity index (χ1n) is 11.2. The number of carbonyl (C=O) groups excluding carboxylic acids is 2. The SMILES string of the molecule is CC1CCCCN1Cc1ccc(NC(=O)CCNC(=O)N(C)Cc2ccccc2)cc1. The summed E-state index contributed by atoms with van der Waals surface area (Å²) in [7, 11) is 1.74. The maximum absolute atomic E-state index is 12.2. The molecule has 0 spiro atoms. The van der Waals surface area contributed by atoms with Crippen LogP contribution in [0.3, 0.4) is 0 Å². The predicted molar refractivity (Wildman–Crippen MR) is 125 cm³/mol. The van der Waals surface area contributed by atoms with Crippen molar-refractivity contribution in [2.24, 2.45) is 0 Å². The number of anilines is 1. The fourth-order valence-corrected chi connectivity index (χ4v) is 3.89. The van der Waals surface area contributed by atoms with E-state index in [1.807, 2.05) is 42.5 Å². The van der Waals surface area contributed by atoms with E-state index in [1.165, 1.54) is 24.8 Å². The van der Waals surface area contributed by atoms with Crippen molar-refractivity contribution >= 4 is 17.6 Å². The molecule has 0 bridgehead atoms. The Morgan fingerprint density at radius 1 is 1.03 bits per heavy atom. The summed E-state index contributed by atoms with van der Waals surface area (Å²) in [5.41, 5.74) is 3.12. The summed E-state index contributed by atoms with van der Waals surface area (Å²) in [6.45, 7) is 5.24. The fraction of sp³-hybridized carbons (Fsp3) is 0.440. The minimum absolute atomic E-state index is 0.108. The summed E-state index contributed by atoms with van der Waals surface area (Å²) in [6.07, 6.45) is 4.11. The van der Waals surface area contributed by atoms with Crippen molar-refractivity contribution in [3.8, 4) is 0 Å². The molecule has 166 valence electrons. The van der Waals surface area contributed by atoms with Crippen molar-refractivity contribution in [1.82, 2.24) is 15.1 Å². The Bertz CT molecular complexity index is 838. The van der Waals surface area contributed by atoms with Crippen molar-refractivity contribution in [3.63, 3.8) is 0 Å². The van der Waals surface area contributed by atoms with Gasteiger partial charge in [-0.3, -0.25) is 9.69 Å². The smallest absolute Gasteiger partial charge is 0.317 e. The molecule has 1 aliphatic rings. The molecular formula is C25H34N4O2. The summed E-state index contributed by atoms with van der Waals surface area (Å²) in [5, 5.41) is 5.71. The number of carbonyl (C=O) groups is 2. The van der Waals surface area contributed by atoms with Crippen LogP contribution in [0.25, 0.3) is 0 Å². The highest BCUT2D eigenvalue weighted by Crippen LogP contribution is 2.20. The highest BCUT2D eigenvalue weighted by Gasteiger charge is 2.18. The average molecular weight is 423 g/mol. The Kier molecular flexibility index (Phi) is 8.47. The lowest BCUT2D eigenvalue weighted by Crippen LogP contribution is -2.38. The van der Waals surface area contributed by atoms with Gasteiger partial charge in [0.05, 0.1) is 0 Å². The van der Waals surface area contributed by atoms with Gasteiger partial charge in [0.25, 0.3) is 0 Å². The van der Waals surface area contributed by atoms with Crippen LogP contribution in [-0.2, 0) is 17.9 Å². The molecule has 3 rings (SSSR count). The predicted octanol–water partition coefficient (Wildman–Crippen LogP) is 4.23. The summed E-state index contributed by atoms with van der Waals surface area (Å²) < 4.78 is 0. The van der Waals surface area contributed by atoms with Crippen molar-refractivity contribution in [3.05, 3.63) is 65.7 Å². The van der Waals surface area contributed by atoms with Gasteiger partial charge in [0, 0.05) is 44.8 Å². The van der Waals surface area contributed by atoms with Crippen LogP contribution in [0.4, 0.5) is 10.5 Å². The van der Waals surface area contributed by atoms with Gasteiger partial charge in [-0.1, -0.05) is 48.9 Å². The lowest BCUT2D eigenvalue weighted by atomic mass is 10.0. The average Bonchev–Trinajstić information content (AvgIpc) is 2.77. The molecule has 0 saturated carbocycles. The molecule has 0 aliphatic carbocycles. The van der Waals surface area contributed by atoms with E-state index in [1.54, 1.807) is 11.9 Å². The number of urea groups is 1. The van der Waals surface area contributed by atoms with Gasteiger partial charge in [0.2, 0.25) is 5.91 Å². The number of hydrogen-bond donors (Lipinski definition) is 2. The third kappa shape index (κ3) is 7.40. The van der Waals surface area contributed by atoms with Gasteiger partial charge in [-0.2, -0.15) is 0 Å². The molecule has 2 aromatic carbocycles.